The lowest BCUT2D eigenvalue weighted by Gasteiger charge is -2.18. The van der Waals surface area contributed by atoms with Crippen LogP contribution in [0, 0.1) is 0 Å². The maximum Gasteiger partial charge on any atom is 0.211 e. The maximum atomic E-state index is 12.5. The summed E-state index contributed by atoms with van der Waals surface area (Å²) in [5.41, 5.74) is 2.57. The van der Waals surface area contributed by atoms with Crippen LogP contribution in [0.4, 0.5) is 0 Å². The first-order valence-corrected chi connectivity index (χ1v) is 7.07. The van der Waals surface area contributed by atoms with E-state index < -0.39 is 0 Å². The van der Waals surface area contributed by atoms with Crippen molar-refractivity contribution in [2.45, 2.75) is 10.6 Å². The van der Waals surface area contributed by atoms with Crippen LogP contribution in [-0.2, 0) is 0 Å². The van der Waals surface area contributed by atoms with Crippen molar-refractivity contribution in [3.05, 3.63) is 63.9 Å². The van der Waals surface area contributed by atoms with Crippen molar-refractivity contribution in [1.82, 2.24) is 4.98 Å². The van der Waals surface area contributed by atoms with Gasteiger partial charge in [0.25, 0.3) is 0 Å². The molecule has 2 atom stereocenters. The van der Waals surface area contributed by atoms with Gasteiger partial charge in [-0.3, -0.25) is 9.78 Å². The summed E-state index contributed by atoms with van der Waals surface area (Å²) in [7, 11) is 6.23. The van der Waals surface area contributed by atoms with Crippen LogP contribution in [0.15, 0.2) is 36.5 Å². The van der Waals surface area contributed by atoms with Crippen LogP contribution < -0.4 is 0 Å². The summed E-state index contributed by atoms with van der Waals surface area (Å²) >= 11 is 9.58. The number of rotatable bonds is 0. The second kappa shape index (κ2) is 4.76. The van der Waals surface area contributed by atoms with Gasteiger partial charge < -0.3 is 0 Å². The van der Waals surface area contributed by atoms with Crippen molar-refractivity contribution in [3.8, 4) is 0 Å². The minimum atomic E-state index is -0.340. The molecule has 0 spiro atoms. The fourth-order valence-corrected chi connectivity index (χ4v) is 3.17. The fourth-order valence-electron chi connectivity index (χ4n) is 2.32. The van der Waals surface area contributed by atoms with E-state index in [-0.39, 0.29) is 16.4 Å². The number of hydrogen-bond donors (Lipinski definition) is 0. The van der Waals surface area contributed by atoms with E-state index in [1.807, 2.05) is 6.07 Å². The van der Waals surface area contributed by atoms with Crippen LogP contribution in [0.1, 0.15) is 37.8 Å². The number of benzene rings is 1. The Morgan fingerprint density at radius 1 is 1.26 bits per heavy atom. The topological polar surface area (TPSA) is 30.0 Å². The molecule has 0 bridgehead atoms. The van der Waals surface area contributed by atoms with Gasteiger partial charge in [0, 0.05) is 21.6 Å². The van der Waals surface area contributed by atoms with Crippen LogP contribution in [0.3, 0.4) is 0 Å². The number of hydrogen-bond acceptors (Lipinski definition) is 2. The van der Waals surface area contributed by atoms with Gasteiger partial charge in [-0.1, -0.05) is 33.6 Å². The van der Waals surface area contributed by atoms with Gasteiger partial charge in [0.2, 0.25) is 5.78 Å². The highest BCUT2D eigenvalue weighted by molar-refractivity contribution is 9.09. The molecule has 1 aliphatic carbocycles. The maximum absolute atomic E-state index is 12.5. The smallest absolute Gasteiger partial charge is 0.211 e. The highest BCUT2D eigenvalue weighted by atomic mass is 79.9. The summed E-state index contributed by atoms with van der Waals surface area (Å²) in [6.45, 7) is 0. The number of fused-ring (bicyclic) bond motifs is 2. The predicted molar refractivity (Wildman–Crippen MR) is 79.3 cm³/mol. The molecular formula is C14H8BBrClNO. The molecule has 3 rings (SSSR count). The zero-order valence-corrected chi connectivity index (χ0v) is 12.1. The number of pyridine rings is 1. The summed E-state index contributed by atoms with van der Waals surface area (Å²) in [4.78, 5) is 16.6. The summed E-state index contributed by atoms with van der Waals surface area (Å²) in [6, 6.07) is 8.84. The zero-order chi connectivity index (χ0) is 13.6. The van der Waals surface area contributed by atoms with Crippen molar-refractivity contribution in [2.24, 2.45) is 0 Å². The van der Waals surface area contributed by atoms with Crippen LogP contribution >= 0.6 is 27.5 Å². The Balaban J connectivity index is 2.30. The normalized spacial score (nSPS) is 21.5. The van der Waals surface area contributed by atoms with E-state index in [4.69, 9.17) is 19.4 Å². The molecule has 2 nitrogen and oxygen atoms in total. The second-order valence-electron chi connectivity index (χ2n) is 4.43. The SMILES string of the molecule is [B]C1c2cccnc2C(=O)c2ccc(Cl)cc2C1Br. The molecule has 0 saturated carbocycles. The average Bonchev–Trinajstić information content (AvgIpc) is 2.51. The fraction of sp³-hybridized carbons (Fsp3) is 0.143. The molecular weight excluding hydrogens is 324 g/mol. The first-order valence-electron chi connectivity index (χ1n) is 5.78. The molecule has 5 heteroatoms. The highest BCUT2D eigenvalue weighted by Crippen LogP contribution is 2.42. The molecule has 92 valence electrons. The minimum Gasteiger partial charge on any atom is -0.287 e. The Bertz CT molecular complexity index is 676. The van der Waals surface area contributed by atoms with Crippen molar-refractivity contribution >= 4 is 41.2 Å². The van der Waals surface area contributed by atoms with Crippen LogP contribution in [0.25, 0.3) is 0 Å². The molecule has 1 aromatic heterocycles. The van der Waals surface area contributed by atoms with E-state index in [2.05, 4.69) is 20.9 Å². The summed E-state index contributed by atoms with van der Waals surface area (Å²) in [6.07, 6.45) is 1.60. The standard InChI is InChI=1S/C14H8BBrClNO/c15-11-9-2-1-5-18-13(9)14(19)8-4-3-7(17)6-10(8)12(11)16/h1-6,11-12H. The molecule has 2 aromatic rings. The quantitative estimate of drug-likeness (QED) is 0.545. The number of ketones is 1. The van der Waals surface area contributed by atoms with Gasteiger partial charge in [0.1, 0.15) is 5.69 Å². The summed E-state index contributed by atoms with van der Waals surface area (Å²) < 4.78 is 0. The van der Waals surface area contributed by atoms with Crippen molar-refractivity contribution in [2.75, 3.05) is 0 Å². The first-order chi connectivity index (χ1) is 9.09. The molecule has 1 heterocycles. The molecule has 1 aromatic carbocycles. The number of carbonyl (C=O) groups is 1. The van der Waals surface area contributed by atoms with E-state index in [0.29, 0.717) is 16.3 Å². The summed E-state index contributed by atoms with van der Waals surface area (Å²) in [5.74, 6) is -0.452. The van der Waals surface area contributed by atoms with Gasteiger partial charge in [-0.2, -0.15) is 0 Å². The van der Waals surface area contributed by atoms with E-state index in [9.17, 15) is 4.79 Å². The first kappa shape index (κ1) is 12.9. The Hall–Kier alpha value is -1.13. The van der Waals surface area contributed by atoms with E-state index in [1.165, 1.54) is 0 Å². The summed E-state index contributed by atoms with van der Waals surface area (Å²) in [5, 5.41) is 0.585. The van der Waals surface area contributed by atoms with Gasteiger partial charge in [-0.15, -0.1) is 0 Å². The molecule has 1 aliphatic rings. The van der Waals surface area contributed by atoms with Crippen molar-refractivity contribution in [1.29, 1.82) is 0 Å². The largest absolute Gasteiger partial charge is 0.287 e. The third-order valence-corrected chi connectivity index (χ3v) is 4.58. The Labute approximate surface area is 125 Å². The van der Waals surface area contributed by atoms with Crippen molar-refractivity contribution in [3.63, 3.8) is 0 Å². The molecule has 0 saturated heterocycles. The molecule has 0 fully saturated rings. The molecule has 2 unspecified atom stereocenters. The Kier molecular flexibility index (Phi) is 3.23. The average molecular weight is 332 g/mol. The second-order valence-corrected chi connectivity index (χ2v) is 5.85. The zero-order valence-electron chi connectivity index (χ0n) is 9.81. The number of alkyl halides is 1. The monoisotopic (exact) mass is 331 g/mol. The lowest BCUT2D eigenvalue weighted by atomic mass is 9.77. The molecule has 19 heavy (non-hydrogen) atoms. The highest BCUT2D eigenvalue weighted by Gasteiger charge is 2.31. The van der Waals surface area contributed by atoms with Gasteiger partial charge in [0.15, 0.2) is 0 Å². The van der Waals surface area contributed by atoms with Gasteiger partial charge >= 0.3 is 0 Å². The van der Waals surface area contributed by atoms with E-state index in [1.54, 1.807) is 30.5 Å². The lowest BCUT2D eigenvalue weighted by molar-refractivity contribution is 0.103. The van der Waals surface area contributed by atoms with E-state index in [0.717, 1.165) is 11.1 Å². The van der Waals surface area contributed by atoms with Gasteiger partial charge in [0.05, 0.1) is 7.85 Å². The number of carbonyl (C=O) groups excluding carboxylic acids is 1. The lowest BCUT2D eigenvalue weighted by Crippen LogP contribution is -2.08. The minimum absolute atomic E-state index is 0.111. The van der Waals surface area contributed by atoms with Crippen LogP contribution in [-0.4, -0.2) is 18.6 Å². The molecule has 0 aliphatic heterocycles. The number of nitrogens with zero attached hydrogens (tertiary/aromatic N) is 1. The molecule has 0 N–H and O–H groups in total. The predicted octanol–water partition coefficient (Wildman–Crippen LogP) is 3.63. The van der Waals surface area contributed by atoms with Crippen LogP contribution in [0.5, 0.6) is 0 Å². The number of aromatic nitrogens is 1. The number of halogens is 2. The van der Waals surface area contributed by atoms with Crippen molar-refractivity contribution < 1.29 is 4.79 Å². The Morgan fingerprint density at radius 3 is 2.84 bits per heavy atom. The third kappa shape index (κ3) is 2.03. The van der Waals surface area contributed by atoms with Crippen LogP contribution in [0.2, 0.25) is 5.02 Å². The van der Waals surface area contributed by atoms with E-state index >= 15 is 0 Å². The van der Waals surface area contributed by atoms with Gasteiger partial charge in [-0.25, -0.2) is 0 Å². The molecule has 2 radical (unpaired) electrons. The Morgan fingerprint density at radius 2 is 2.05 bits per heavy atom. The third-order valence-electron chi connectivity index (χ3n) is 3.28. The molecule has 0 amide bonds. The van der Waals surface area contributed by atoms with Gasteiger partial charge in [-0.05, 0) is 41.2 Å².